The van der Waals surface area contributed by atoms with Crippen molar-refractivity contribution in [1.29, 1.82) is 0 Å². The normalized spacial score (nSPS) is 25.9. The molecule has 0 radical (unpaired) electrons. The lowest BCUT2D eigenvalue weighted by Crippen LogP contribution is -2.55. The molecule has 5 unspecified atom stereocenters. The molecule has 0 aliphatic carbocycles. The van der Waals surface area contributed by atoms with Crippen LogP contribution in [-0.2, 0) is 9.47 Å². The Morgan fingerprint density at radius 3 is 2.66 bits per heavy atom. The molecule has 4 N–H and O–H groups in total. The van der Waals surface area contributed by atoms with Crippen molar-refractivity contribution in [3.8, 4) is 11.4 Å². The van der Waals surface area contributed by atoms with E-state index in [0.717, 1.165) is 0 Å². The smallest absolute Gasteiger partial charge is 0.180 e. The maximum absolute atomic E-state index is 13.8. The van der Waals surface area contributed by atoms with Gasteiger partial charge in [0.05, 0.1) is 22.8 Å². The Bertz CT molecular complexity index is 1080. The second kappa shape index (κ2) is 9.77. The maximum atomic E-state index is 13.8. The molecule has 5 atom stereocenters. The first kappa shape index (κ1) is 23.6. The minimum absolute atomic E-state index is 0.136. The molecular formula is C18H18Cl2FN5O4S2. The van der Waals surface area contributed by atoms with Crippen LogP contribution in [0.3, 0.4) is 0 Å². The van der Waals surface area contributed by atoms with Crippen molar-refractivity contribution < 1.29 is 24.1 Å². The van der Waals surface area contributed by atoms with Gasteiger partial charge in [-0.15, -0.1) is 16.4 Å². The lowest BCUT2D eigenvalue weighted by Gasteiger charge is -2.43. The van der Waals surface area contributed by atoms with Crippen molar-refractivity contribution in [2.75, 3.05) is 19.5 Å². The Morgan fingerprint density at radius 1 is 1.34 bits per heavy atom. The monoisotopic (exact) mass is 521 g/mol. The highest BCUT2D eigenvalue weighted by Crippen LogP contribution is 2.41. The topological polar surface area (TPSA) is 129 Å². The Hall–Kier alpha value is -1.51. The fraction of sp³-hybridized carbons (Fsp3) is 0.389. The van der Waals surface area contributed by atoms with Crippen molar-refractivity contribution in [3.05, 3.63) is 39.6 Å². The van der Waals surface area contributed by atoms with Gasteiger partial charge in [-0.05, 0) is 12.1 Å². The fourth-order valence-electron chi connectivity index (χ4n) is 3.39. The average Bonchev–Trinajstić information content (AvgIpc) is 3.41. The highest BCUT2D eigenvalue weighted by Gasteiger charge is 2.47. The first-order valence-corrected chi connectivity index (χ1v) is 11.8. The lowest BCUT2D eigenvalue weighted by molar-refractivity contribution is -0.186. The van der Waals surface area contributed by atoms with Crippen molar-refractivity contribution >= 4 is 51.4 Å². The molecule has 14 heteroatoms. The van der Waals surface area contributed by atoms with Gasteiger partial charge in [0.15, 0.2) is 10.9 Å². The molecule has 0 spiro atoms. The molecule has 9 nitrogen and oxygen atoms in total. The third-order valence-corrected chi connectivity index (χ3v) is 7.25. The van der Waals surface area contributed by atoms with E-state index in [2.05, 4.69) is 15.3 Å². The summed E-state index contributed by atoms with van der Waals surface area (Å²) in [7, 11) is 1.46. The number of aliphatic hydroxyl groups excluding tert-OH is 2. The molecule has 2 aromatic heterocycles. The summed E-state index contributed by atoms with van der Waals surface area (Å²) in [6.45, 7) is -0.444. The van der Waals surface area contributed by atoms with Gasteiger partial charge in [-0.3, -0.25) is 0 Å². The van der Waals surface area contributed by atoms with Crippen molar-refractivity contribution in [2.24, 2.45) is 0 Å². The van der Waals surface area contributed by atoms with Crippen LogP contribution in [0.25, 0.3) is 11.4 Å². The van der Waals surface area contributed by atoms with Gasteiger partial charge < -0.3 is 25.4 Å². The molecule has 1 aliphatic rings. The van der Waals surface area contributed by atoms with E-state index < -0.39 is 42.2 Å². The summed E-state index contributed by atoms with van der Waals surface area (Å²) in [6, 6.07) is 2.07. The number of nitrogens with zero attached hydrogens (tertiary/aromatic N) is 4. The molecule has 4 rings (SSSR count). The molecular weight excluding hydrogens is 504 g/mol. The number of rotatable bonds is 6. The third-order valence-electron chi connectivity index (χ3n) is 4.91. The van der Waals surface area contributed by atoms with Crippen LogP contribution in [0.2, 0.25) is 10.0 Å². The van der Waals surface area contributed by atoms with Crippen LogP contribution in [0.15, 0.2) is 28.6 Å². The zero-order valence-electron chi connectivity index (χ0n) is 16.4. The van der Waals surface area contributed by atoms with E-state index in [4.69, 9.17) is 38.4 Å². The van der Waals surface area contributed by atoms with E-state index in [1.165, 1.54) is 47.0 Å². The number of thioether (sulfide) groups is 1. The Balaban J connectivity index is 1.66. The van der Waals surface area contributed by atoms with E-state index in [1.54, 1.807) is 11.6 Å². The minimum atomic E-state index is -1.16. The molecule has 1 saturated heterocycles. The van der Waals surface area contributed by atoms with Crippen LogP contribution in [0.4, 0.5) is 9.52 Å². The quantitative estimate of drug-likeness (QED) is 0.419. The summed E-state index contributed by atoms with van der Waals surface area (Å²) in [4.78, 5) is 4.71. The molecule has 3 heterocycles. The maximum Gasteiger partial charge on any atom is 0.180 e. The first-order chi connectivity index (χ1) is 15.3. The van der Waals surface area contributed by atoms with Crippen LogP contribution in [0, 0.1) is 5.82 Å². The van der Waals surface area contributed by atoms with Gasteiger partial charge in [0.2, 0.25) is 0 Å². The highest BCUT2D eigenvalue weighted by atomic mass is 35.5. The summed E-state index contributed by atoms with van der Waals surface area (Å²) in [5.41, 5.74) is 5.99. The number of hydrogen-bond acceptors (Lipinski definition) is 10. The molecule has 1 fully saturated rings. The van der Waals surface area contributed by atoms with Crippen molar-refractivity contribution in [3.63, 3.8) is 0 Å². The molecule has 32 heavy (non-hydrogen) atoms. The zero-order valence-corrected chi connectivity index (χ0v) is 19.6. The van der Waals surface area contributed by atoms with E-state index in [0.29, 0.717) is 21.4 Å². The van der Waals surface area contributed by atoms with E-state index >= 15 is 0 Å². The summed E-state index contributed by atoms with van der Waals surface area (Å²) in [5.74, 6) is -0.718. The number of methoxy groups -OCH3 is 1. The summed E-state index contributed by atoms with van der Waals surface area (Å²) in [6.07, 6.45) is -1.20. The lowest BCUT2D eigenvalue weighted by atomic mass is 9.97. The van der Waals surface area contributed by atoms with Crippen molar-refractivity contribution in [1.82, 2.24) is 20.0 Å². The highest BCUT2D eigenvalue weighted by molar-refractivity contribution is 7.99. The van der Waals surface area contributed by atoms with Gasteiger partial charge in [-0.1, -0.05) is 40.2 Å². The van der Waals surface area contributed by atoms with Crippen LogP contribution >= 0.6 is 46.3 Å². The van der Waals surface area contributed by atoms with E-state index in [-0.39, 0.29) is 10.0 Å². The fourth-order valence-corrected chi connectivity index (χ4v) is 5.81. The molecule has 0 saturated carbocycles. The molecule has 0 bridgehead atoms. The Kier molecular flexibility index (Phi) is 7.22. The number of anilines is 1. The van der Waals surface area contributed by atoms with Crippen LogP contribution in [-0.4, -0.2) is 67.7 Å². The SMILES string of the molecule is COC1C(Sc2cc(Cl)c(F)c(Cl)c2)OC(CO)C(O)C1n1cc(-c2csc(N)n2)nn1. The van der Waals surface area contributed by atoms with Crippen LogP contribution < -0.4 is 5.73 Å². The summed E-state index contributed by atoms with van der Waals surface area (Å²) >= 11 is 14.3. The number of halogens is 3. The zero-order chi connectivity index (χ0) is 23.0. The number of hydrogen-bond donors (Lipinski definition) is 3. The van der Waals surface area contributed by atoms with Crippen LogP contribution in [0.1, 0.15) is 6.04 Å². The predicted molar refractivity (Wildman–Crippen MR) is 119 cm³/mol. The second-order valence-corrected chi connectivity index (χ2v) is 9.76. The van der Waals surface area contributed by atoms with Gasteiger partial charge in [-0.25, -0.2) is 14.1 Å². The van der Waals surface area contributed by atoms with E-state index in [1.807, 2.05) is 0 Å². The average molecular weight is 522 g/mol. The standard InChI is InChI=1S/C18H18Cl2FN5O4S2/c1-29-16-14(26-4-10(24-25-26)11-6-31-18(22)23-11)15(28)12(5-27)30-17(16)32-7-2-8(19)13(21)9(20)3-7/h2-4,6,12,14-17,27-28H,5H2,1H3,(H2,22,23). The van der Waals surface area contributed by atoms with E-state index in [9.17, 15) is 14.6 Å². The van der Waals surface area contributed by atoms with Gasteiger partial charge in [0.25, 0.3) is 0 Å². The molecule has 172 valence electrons. The number of nitrogen functional groups attached to an aromatic ring is 1. The number of nitrogens with two attached hydrogens (primary N) is 1. The molecule has 0 amide bonds. The second-order valence-electron chi connectivity index (χ2n) is 6.88. The largest absolute Gasteiger partial charge is 0.394 e. The molecule has 3 aromatic rings. The van der Waals surface area contributed by atoms with Crippen LogP contribution in [0.5, 0.6) is 0 Å². The van der Waals surface area contributed by atoms with Gasteiger partial charge in [-0.2, -0.15) is 0 Å². The van der Waals surface area contributed by atoms with Gasteiger partial charge >= 0.3 is 0 Å². The summed E-state index contributed by atoms with van der Waals surface area (Å²) in [5, 5.41) is 30.8. The van der Waals surface area contributed by atoms with Gasteiger partial charge in [0.1, 0.15) is 41.2 Å². The van der Waals surface area contributed by atoms with Gasteiger partial charge in [0, 0.05) is 17.4 Å². The number of thiazole rings is 1. The summed E-state index contributed by atoms with van der Waals surface area (Å²) < 4.78 is 26.8. The number of ether oxygens (including phenoxy) is 2. The minimum Gasteiger partial charge on any atom is -0.394 e. The first-order valence-electron chi connectivity index (χ1n) is 9.24. The predicted octanol–water partition coefficient (Wildman–Crippen LogP) is 2.86. The number of aliphatic hydroxyl groups is 2. The number of benzene rings is 1. The number of aromatic nitrogens is 4. The third kappa shape index (κ3) is 4.59. The van der Waals surface area contributed by atoms with Crippen molar-refractivity contribution in [2.45, 2.75) is 34.7 Å². The molecule has 1 aliphatic heterocycles. The molecule has 1 aromatic carbocycles. The Labute approximate surface area is 200 Å². The Morgan fingerprint density at radius 2 is 2.06 bits per heavy atom.